The summed E-state index contributed by atoms with van der Waals surface area (Å²) in [5, 5.41) is 10.4. The van der Waals surface area contributed by atoms with Gasteiger partial charge in [0, 0.05) is 31.4 Å². The molecular weight excluding hydrogens is 383 g/mol. The van der Waals surface area contributed by atoms with Crippen molar-refractivity contribution in [3.8, 4) is 6.07 Å². The fraction of sp³-hybridized carbons (Fsp3) is 0.261. The molecule has 6 nitrogen and oxygen atoms in total. The van der Waals surface area contributed by atoms with Crippen LogP contribution in [0.5, 0.6) is 0 Å². The molecule has 5 rings (SSSR count). The first-order chi connectivity index (χ1) is 14.6. The molecule has 1 fully saturated rings. The van der Waals surface area contributed by atoms with Gasteiger partial charge < -0.3 is 13.9 Å². The number of piperidine rings is 1. The maximum Gasteiger partial charge on any atom is 0.270 e. The molecule has 2 aromatic heterocycles. The summed E-state index contributed by atoms with van der Waals surface area (Å²) < 4.78 is 21.1. The van der Waals surface area contributed by atoms with Crippen molar-refractivity contribution in [3.05, 3.63) is 70.1 Å². The number of fused-ring (bicyclic) bond motifs is 2. The Bertz CT molecular complexity index is 1340. The van der Waals surface area contributed by atoms with Crippen molar-refractivity contribution in [2.75, 3.05) is 18.0 Å². The molecule has 3 heterocycles. The van der Waals surface area contributed by atoms with Crippen LogP contribution in [0.1, 0.15) is 30.2 Å². The second kappa shape index (κ2) is 6.99. The lowest BCUT2D eigenvalue weighted by Crippen LogP contribution is -2.35. The van der Waals surface area contributed by atoms with E-state index in [1.54, 1.807) is 13.1 Å². The number of rotatable bonds is 2. The van der Waals surface area contributed by atoms with Crippen molar-refractivity contribution in [3.63, 3.8) is 0 Å². The van der Waals surface area contributed by atoms with Gasteiger partial charge in [-0.15, -0.1) is 0 Å². The van der Waals surface area contributed by atoms with Gasteiger partial charge >= 0.3 is 0 Å². The largest absolute Gasteiger partial charge is 0.440 e. The summed E-state index contributed by atoms with van der Waals surface area (Å²) in [5.41, 5.74) is 2.38. The van der Waals surface area contributed by atoms with Gasteiger partial charge in [-0.1, -0.05) is 12.1 Å². The minimum Gasteiger partial charge on any atom is -0.440 e. The van der Waals surface area contributed by atoms with Crippen molar-refractivity contribution >= 4 is 27.7 Å². The van der Waals surface area contributed by atoms with Crippen LogP contribution >= 0.6 is 0 Å². The molecule has 150 valence electrons. The molecule has 0 saturated carbocycles. The van der Waals surface area contributed by atoms with E-state index in [2.05, 4.69) is 16.0 Å². The van der Waals surface area contributed by atoms with E-state index >= 15 is 0 Å². The van der Waals surface area contributed by atoms with E-state index in [9.17, 15) is 14.4 Å². The topological polar surface area (TPSA) is 75.1 Å². The van der Waals surface area contributed by atoms with Crippen molar-refractivity contribution < 1.29 is 8.81 Å². The van der Waals surface area contributed by atoms with Gasteiger partial charge in [-0.25, -0.2) is 9.37 Å². The first kappa shape index (κ1) is 18.4. The second-order valence-corrected chi connectivity index (χ2v) is 7.64. The number of para-hydroxylation sites is 2. The summed E-state index contributed by atoms with van der Waals surface area (Å²) >= 11 is 0. The molecule has 4 aromatic rings. The predicted octanol–water partition coefficient (Wildman–Crippen LogP) is 4.07. The lowest BCUT2D eigenvalue weighted by atomic mass is 9.95. The Morgan fingerprint density at radius 1 is 1.20 bits per heavy atom. The van der Waals surface area contributed by atoms with Crippen LogP contribution in [0.15, 0.2) is 51.7 Å². The van der Waals surface area contributed by atoms with Gasteiger partial charge in [0.05, 0.1) is 11.2 Å². The number of aryl methyl sites for hydroxylation is 1. The number of nitriles is 1. The third kappa shape index (κ3) is 2.84. The zero-order chi connectivity index (χ0) is 20.8. The third-order valence-electron chi connectivity index (χ3n) is 5.91. The highest BCUT2D eigenvalue weighted by atomic mass is 19.1. The van der Waals surface area contributed by atoms with E-state index in [0.29, 0.717) is 29.7 Å². The first-order valence-corrected chi connectivity index (χ1v) is 9.89. The van der Waals surface area contributed by atoms with Crippen LogP contribution in [0.4, 0.5) is 10.1 Å². The number of aromatic nitrogens is 2. The number of benzene rings is 2. The molecule has 0 unspecified atom stereocenters. The Labute approximate surface area is 171 Å². The Morgan fingerprint density at radius 2 is 1.97 bits per heavy atom. The van der Waals surface area contributed by atoms with Crippen molar-refractivity contribution in [1.29, 1.82) is 5.26 Å². The van der Waals surface area contributed by atoms with Crippen LogP contribution in [-0.4, -0.2) is 22.6 Å². The van der Waals surface area contributed by atoms with Crippen LogP contribution in [0.2, 0.25) is 0 Å². The zero-order valence-corrected chi connectivity index (χ0v) is 16.4. The highest BCUT2D eigenvalue weighted by molar-refractivity contribution is 5.95. The van der Waals surface area contributed by atoms with Gasteiger partial charge in [0.2, 0.25) is 0 Å². The standard InChI is InChI=1S/C23H19FN4O2/c1-27-19-12-15(24)6-7-16(19)21(17(13-25)23(27)29)28-10-8-14(9-11-28)22-26-18-4-2-3-5-20(18)30-22/h2-7,12,14H,8-11H2,1H3. The van der Waals surface area contributed by atoms with E-state index < -0.39 is 11.4 Å². The minimum atomic E-state index is -0.414. The first-order valence-electron chi connectivity index (χ1n) is 9.89. The Kier molecular flexibility index (Phi) is 4.28. The lowest BCUT2D eigenvalue weighted by Gasteiger charge is -2.33. The summed E-state index contributed by atoms with van der Waals surface area (Å²) in [6.07, 6.45) is 1.57. The van der Waals surface area contributed by atoms with Crippen LogP contribution in [0, 0.1) is 17.1 Å². The number of hydrogen-bond acceptors (Lipinski definition) is 5. The van der Waals surface area contributed by atoms with E-state index in [-0.39, 0.29) is 11.5 Å². The molecule has 1 aliphatic rings. The Hall–Kier alpha value is -3.66. The number of anilines is 1. The summed E-state index contributed by atoms with van der Waals surface area (Å²) in [6, 6.07) is 14.1. The monoisotopic (exact) mass is 402 g/mol. The highest BCUT2D eigenvalue weighted by Crippen LogP contribution is 2.35. The third-order valence-corrected chi connectivity index (χ3v) is 5.91. The highest BCUT2D eigenvalue weighted by Gasteiger charge is 2.28. The lowest BCUT2D eigenvalue weighted by molar-refractivity contribution is 0.407. The molecule has 1 saturated heterocycles. The van der Waals surface area contributed by atoms with Crippen molar-refractivity contribution in [2.45, 2.75) is 18.8 Å². The van der Waals surface area contributed by atoms with Crippen LogP contribution in [0.25, 0.3) is 22.0 Å². The minimum absolute atomic E-state index is 0.0944. The summed E-state index contributed by atoms with van der Waals surface area (Å²) in [4.78, 5) is 19.4. The van der Waals surface area contributed by atoms with Gasteiger partial charge in [0.25, 0.3) is 5.56 Å². The fourth-order valence-corrected chi connectivity index (χ4v) is 4.34. The smallest absolute Gasteiger partial charge is 0.270 e. The quantitative estimate of drug-likeness (QED) is 0.505. The maximum absolute atomic E-state index is 13.8. The fourth-order valence-electron chi connectivity index (χ4n) is 4.34. The molecule has 30 heavy (non-hydrogen) atoms. The molecule has 0 amide bonds. The molecule has 0 aliphatic carbocycles. The number of hydrogen-bond donors (Lipinski definition) is 0. The van der Waals surface area contributed by atoms with E-state index in [1.807, 2.05) is 24.3 Å². The van der Waals surface area contributed by atoms with E-state index in [0.717, 1.165) is 29.8 Å². The molecule has 2 aromatic carbocycles. The van der Waals surface area contributed by atoms with Crippen molar-refractivity contribution in [2.24, 2.45) is 7.05 Å². The molecule has 0 bridgehead atoms. The van der Waals surface area contributed by atoms with Gasteiger partial charge in [-0.3, -0.25) is 4.79 Å². The molecule has 7 heteroatoms. The number of pyridine rings is 1. The molecule has 1 aliphatic heterocycles. The van der Waals surface area contributed by atoms with Gasteiger partial charge in [-0.2, -0.15) is 5.26 Å². The summed E-state index contributed by atoms with van der Waals surface area (Å²) in [6.45, 7) is 1.30. The Balaban J connectivity index is 1.51. The van der Waals surface area contributed by atoms with Gasteiger partial charge in [0.1, 0.15) is 23.0 Å². The number of halogens is 1. The number of nitrogens with zero attached hydrogens (tertiary/aromatic N) is 4. The zero-order valence-electron chi connectivity index (χ0n) is 16.4. The molecule has 0 spiro atoms. The summed E-state index contributed by atoms with van der Waals surface area (Å²) in [7, 11) is 1.56. The van der Waals surface area contributed by atoms with Crippen LogP contribution < -0.4 is 10.5 Å². The van der Waals surface area contributed by atoms with Crippen molar-refractivity contribution in [1.82, 2.24) is 9.55 Å². The summed E-state index contributed by atoms with van der Waals surface area (Å²) in [5.74, 6) is 0.490. The molecular formula is C23H19FN4O2. The van der Waals surface area contributed by atoms with E-state index in [1.165, 1.54) is 16.7 Å². The average molecular weight is 402 g/mol. The molecule has 0 radical (unpaired) electrons. The normalized spacial score (nSPS) is 15.0. The van der Waals surface area contributed by atoms with Crippen LogP contribution in [-0.2, 0) is 7.05 Å². The Morgan fingerprint density at radius 3 is 2.70 bits per heavy atom. The van der Waals surface area contributed by atoms with E-state index in [4.69, 9.17) is 4.42 Å². The maximum atomic E-state index is 13.8. The molecule has 0 N–H and O–H groups in total. The van der Waals surface area contributed by atoms with Gasteiger partial charge in [-0.05, 0) is 43.2 Å². The van der Waals surface area contributed by atoms with Crippen LogP contribution in [0.3, 0.4) is 0 Å². The molecule has 0 atom stereocenters. The number of oxazole rings is 1. The van der Waals surface area contributed by atoms with Gasteiger partial charge in [0.15, 0.2) is 11.5 Å². The average Bonchev–Trinajstić information content (AvgIpc) is 3.21. The second-order valence-electron chi connectivity index (χ2n) is 7.64. The predicted molar refractivity (Wildman–Crippen MR) is 112 cm³/mol. The SMILES string of the molecule is Cn1c(=O)c(C#N)c(N2CCC(c3nc4ccccc4o3)CC2)c2ccc(F)cc21.